The quantitative estimate of drug-likeness (QED) is 0.849. The van der Waals surface area contributed by atoms with E-state index in [1.807, 2.05) is 0 Å². The van der Waals surface area contributed by atoms with Crippen molar-refractivity contribution in [2.45, 2.75) is 6.54 Å². The third-order valence-electron chi connectivity index (χ3n) is 2.70. The Balaban J connectivity index is 2.08. The summed E-state index contributed by atoms with van der Waals surface area (Å²) in [6.07, 6.45) is 0. The summed E-state index contributed by atoms with van der Waals surface area (Å²) in [6, 6.07) is 6.71. The van der Waals surface area contributed by atoms with Gasteiger partial charge in [0.1, 0.15) is 5.82 Å². The number of anilines is 1. The van der Waals surface area contributed by atoms with Crippen molar-refractivity contribution in [3.8, 4) is 0 Å². The van der Waals surface area contributed by atoms with Crippen LogP contribution < -0.4 is 11.1 Å². The van der Waals surface area contributed by atoms with Gasteiger partial charge < -0.3 is 11.1 Å². The summed E-state index contributed by atoms with van der Waals surface area (Å²) in [5.74, 6) is -3.14. The molecule has 0 fully saturated rings. The molecule has 0 heterocycles. The molecule has 0 aliphatic rings. The minimum Gasteiger partial charge on any atom is -0.398 e. The van der Waals surface area contributed by atoms with Gasteiger partial charge in [-0.3, -0.25) is 4.79 Å². The molecule has 0 radical (unpaired) electrons. The second kappa shape index (κ2) is 5.64. The maximum Gasteiger partial charge on any atom is 0.253 e. The first-order chi connectivity index (χ1) is 9.47. The number of halogens is 3. The van der Waals surface area contributed by atoms with Crippen LogP contribution in [0.5, 0.6) is 0 Å². The third-order valence-corrected chi connectivity index (χ3v) is 2.70. The van der Waals surface area contributed by atoms with Gasteiger partial charge in [0.2, 0.25) is 0 Å². The van der Waals surface area contributed by atoms with E-state index in [2.05, 4.69) is 5.32 Å². The van der Waals surface area contributed by atoms with Crippen LogP contribution in [0.4, 0.5) is 18.9 Å². The number of hydrogen-bond donors (Lipinski definition) is 2. The fourth-order valence-corrected chi connectivity index (χ4v) is 1.65. The van der Waals surface area contributed by atoms with Gasteiger partial charge in [-0.1, -0.05) is 6.07 Å². The molecule has 0 aliphatic heterocycles. The van der Waals surface area contributed by atoms with Crippen LogP contribution in [0.1, 0.15) is 15.9 Å². The Labute approximate surface area is 113 Å². The van der Waals surface area contributed by atoms with Crippen LogP contribution in [0.15, 0.2) is 36.4 Å². The molecule has 3 N–H and O–H groups in total. The first-order valence-electron chi connectivity index (χ1n) is 5.74. The monoisotopic (exact) mass is 280 g/mol. The van der Waals surface area contributed by atoms with Crippen molar-refractivity contribution < 1.29 is 18.0 Å². The number of nitrogen functional groups attached to an aromatic ring is 1. The van der Waals surface area contributed by atoms with Crippen LogP contribution in [0, 0.1) is 17.5 Å². The van der Waals surface area contributed by atoms with Gasteiger partial charge in [-0.2, -0.15) is 0 Å². The van der Waals surface area contributed by atoms with Gasteiger partial charge >= 0.3 is 0 Å². The van der Waals surface area contributed by atoms with Crippen molar-refractivity contribution in [1.82, 2.24) is 5.32 Å². The zero-order valence-corrected chi connectivity index (χ0v) is 10.3. The molecule has 2 aromatic rings. The van der Waals surface area contributed by atoms with Gasteiger partial charge in [0, 0.05) is 12.2 Å². The van der Waals surface area contributed by atoms with Gasteiger partial charge in [-0.25, -0.2) is 13.2 Å². The van der Waals surface area contributed by atoms with Crippen molar-refractivity contribution in [2.75, 3.05) is 5.73 Å². The van der Waals surface area contributed by atoms with Crippen molar-refractivity contribution in [1.29, 1.82) is 0 Å². The zero-order valence-electron chi connectivity index (χ0n) is 10.3. The molecule has 0 atom stereocenters. The molecule has 6 heteroatoms. The lowest BCUT2D eigenvalue weighted by atomic mass is 10.1. The molecule has 2 rings (SSSR count). The summed E-state index contributed by atoms with van der Waals surface area (Å²) in [5.41, 5.74) is 6.07. The van der Waals surface area contributed by atoms with Crippen molar-refractivity contribution in [3.05, 3.63) is 65.0 Å². The van der Waals surface area contributed by atoms with E-state index in [1.165, 1.54) is 12.1 Å². The maximum atomic E-state index is 13.0. The first-order valence-corrected chi connectivity index (χ1v) is 5.74. The van der Waals surface area contributed by atoms with Crippen LogP contribution in [0.25, 0.3) is 0 Å². The summed E-state index contributed by atoms with van der Waals surface area (Å²) < 4.78 is 38.8. The van der Waals surface area contributed by atoms with E-state index < -0.39 is 23.4 Å². The highest BCUT2D eigenvalue weighted by Gasteiger charge is 2.11. The predicted molar refractivity (Wildman–Crippen MR) is 68.3 cm³/mol. The summed E-state index contributed by atoms with van der Waals surface area (Å²) in [5, 5.41) is 2.46. The molecule has 3 nitrogen and oxygen atoms in total. The molecule has 0 bridgehead atoms. The van der Waals surface area contributed by atoms with Crippen molar-refractivity contribution in [3.63, 3.8) is 0 Å². The fourth-order valence-electron chi connectivity index (χ4n) is 1.65. The van der Waals surface area contributed by atoms with E-state index in [4.69, 9.17) is 5.73 Å². The Morgan fingerprint density at radius 1 is 1.05 bits per heavy atom. The average molecular weight is 280 g/mol. The summed E-state index contributed by atoms with van der Waals surface area (Å²) in [4.78, 5) is 11.8. The molecule has 0 unspecified atom stereocenters. The average Bonchev–Trinajstić information content (AvgIpc) is 2.42. The zero-order chi connectivity index (χ0) is 14.7. The molecule has 0 spiro atoms. The van der Waals surface area contributed by atoms with Crippen LogP contribution >= 0.6 is 0 Å². The topological polar surface area (TPSA) is 55.1 Å². The third kappa shape index (κ3) is 3.09. The van der Waals surface area contributed by atoms with Crippen LogP contribution in [0.2, 0.25) is 0 Å². The number of hydrogen-bond acceptors (Lipinski definition) is 2. The van der Waals surface area contributed by atoms with E-state index in [-0.39, 0.29) is 17.8 Å². The predicted octanol–water partition coefficient (Wildman–Crippen LogP) is 2.62. The maximum absolute atomic E-state index is 13.0. The second-order valence-electron chi connectivity index (χ2n) is 4.16. The van der Waals surface area contributed by atoms with E-state index in [0.717, 1.165) is 24.3 Å². The molecular formula is C14H11F3N2O. The van der Waals surface area contributed by atoms with Gasteiger partial charge in [0.25, 0.3) is 5.91 Å². The Kier molecular flexibility index (Phi) is 3.93. The van der Waals surface area contributed by atoms with E-state index in [0.29, 0.717) is 5.56 Å². The number of rotatable bonds is 3. The second-order valence-corrected chi connectivity index (χ2v) is 4.16. The lowest BCUT2D eigenvalue weighted by molar-refractivity contribution is 0.0951. The van der Waals surface area contributed by atoms with E-state index in [1.54, 1.807) is 0 Å². The number of carbonyl (C=O) groups excluding carboxylic acids is 1. The van der Waals surface area contributed by atoms with Crippen LogP contribution in [-0.4, -0.2) is 5.91 Å². The highest BCUT2D eigenvalue weighted by atomic mass is 19.2. The lowest BCUT2D eigenvalue weighted by Gasteiger charge is -2.08. The minimum absolute atomic E-state index is 0.00687. The largest absolute Gasteiger partial charge is 0.398 e. The molecule has 0 aliphatic carbocycles. The highest BCUT2D eigenvalue weighted by molar-refractivity contribution is 5.99. The van der Waals surface area contributed by atoms with Crippen molar-refractivity contribution >= 4 is 11.6 Å². The van der Waals surface area contributed by atoms with Gasteiger partial charge in [-0.15, -0.1) is 0 Å². The van der Waals surface area contributed by atoms with E-state index in [9.17, 15) is 18.0 Å². The summed E-state index contributed by atoms with van der Waals surface area (Å²) >= 11 is 0. The molecule has 0 aromatic heterocycles. The molecule has 104 valence electrons. The number of carbonyl (C=O) groups is 1. The lowest BCUT2D eigenvalue weighted by Crippen LogP contribution is -2.24. The summed E-state index contributed by atoms with van der Waals surface area (Å²) in [7, 11) is 0. The van der Waals surface area contributed by atoms with Crippen molar-refractivity contribution in [2.24, 2.45) is 0 Å². The molecule has 0 saturated carbocycles. The Morgan fingerprint density at radius 3 is 2.50 bits per heavy atom. The number of amides is 1. The molecule has 2 aromatic carbocycles. The van der Waals surface area contributed by atoms with Gasteiger partial charge in [-0.05, 0) is 35.9 Å². The van der Waals surface area contributed by atoms with E-state index >= 15 is 0 Å². The number of nitrogens with two attached hydrogens (primary N) is 1. The standard InChI is InChI=1S/C14H11F3N2O/c15-9-2-4-13(18)10(6-9)14(20)19-7-8-1-3-11(16)12(17)5-8/h1-6H,7,18H2,(H,19,20). The summed E-state index contributed by atoms with van der Waals surface area (Å²) in [6.45, 7) is -0.0218. The molecule has 1 amide bonds. The fraction of sp³-hybridized carbons (Fsp3) is 0.0714. The van der Waals surface area contributed by atoms with Crippen LogP contribution in [0.3, 0.4) is 0 Å². The molecule has 0 saturated heterocycles. The molecule has 20 heavy (non-hydrogen) atoms. The van der Waals surface area contributed by atoms with Crippen LogP contribution in [-0.2, 0) is 6.54 Å². The Hall–Kier alpha value is -2.50. The number of nitrogens with one attached hydrogen (secondary N) is 1. The molecular weight excluding hydrogens is 269 g/mol. The highest BCUT2D eigenvalue weighted by Crippen LogP contribution is 2.14. The number of benzene rings is 2. The Bertz CT molecular complexity index is 659. The van der Waals surface area contributed by atoms with Gasteiger partial charge in [0.05, 0.1) is 5.56 Å². The Morgan fingerprint density at radius 2 is 1.80 bits per heavy atom. The first kappa shape index (κ1) is 13.9. The van der Waals surface area contributed by atoms with Gasteiger partial charge in [0.15, 0.2) is 11.6 Å². The smallest absolute Gasteiger partial charge is 0.253 e. The minimum atomic E-state index is -0.998. The SMILES string of the molecule is Nc1ccc(F)cc1C(=O)NCc1ccc(F)c(F)c1. The normalized spacial score (nSPS) is 10.3.